The second kappa shape index (κ2) is 7.60. The van der Waals surface area contributed by atoms with Crippen molar-refractivity contribution in [2.24, 2.45) is 0 Å². The van der Waals surface area contributed by atoms with E-state index >= 15 is 0 Å². The van der Waals surface area contributed by atoms with Crippen LogP contribution in [0, 0.1) is 0 Å². The molecule has 3 aromatic rings. The Morgan fingerprint density at radius 2 is 1.68 bits per heavy atom. The Labute approximate surface area is 166 Å². The minimum absolute atomic E-state index is 0.133. The van der Waals surface area contributed by atoms with Gasteiger partial charge in [-0.3, -0.25) is 14.8 Å². The molecular formula is C23H26N4O. The first-order valence-corrected chi connectivity index (χ1v) is 9.72. The van der Waals surface area contributed by atoms with Crippen LogP contribution in [0.5, 0.6) is 0 Å². The number of hydrogen-bond donors (Lipinski definition) is 1. The molecule has 5 heteroatoms. The lowest BCUT2D eigenvalue weighted by atomic mass is 9.98. The first-order valence-electron chi connectivity index (χ1n) is 9.72. The predicted octanol–water partition coefficient (Wildman–Crippen LogP) is 3.58. The summed E-state index contributed by atoms with van der Waals surface area (Å²) in [7, 11) is 3.62. The number of rotatable bonds is 4. The van der Waals surface area contributed by atoms with Gasteiger partial charge in [0, 0.05) is 50.4 Å². The number of carbonyl (C=O) groups excluding carboxylic acids is 1. The molecule has 5 nitrogen and oxygen atoms in total. The molecule has 1 aliphatic heterocycles. The third-order valence-electron chi connectivity index (χ3n) is 5.57. The van der Waals surface area contributed by atoms with Gasteiger partial charge in [0.2, 0.25) is 5.91 Å². The number of nitrogens with zero attached hydrogens (tertiary/aromatic N) is 3. The number of benzene rings is 2. The molecule has 2 aromatic carbocycles. The van der Waals surface area contributed by atoms with Gasteiger partial charge in [-0.1, -0.05) is 54.6 Å². The number of likely N-dealkylation sites (N-methyl/N-ethyl adjacent to an activating group) is 1. The van der Waals surface area contributed by atoms with Crippen molar-refractivity contribution in [2.45, 2.75) is 25.9 Å². The van der Waals surface area contributed by atoms with Crippen LogP contribution in [0.15, 0.2) is 54.6 Å². The Morgan fingerprint density at radius 1 is 1.04 bits per heavy atom. The van der Waals surface area contributed by atoms with Crippen LogP contribution in [0.25, 0.3) is 22.4 Å². The smallest absolute Gasteiger partial charge is 0.239 e. The molecule has 0 fully saturated rings. The largest absolute Gasteiger partial charge is 0.347 e. The highest BCUT2D eigenvalue weighted by Crippen LogP contribution is 2.30. The van der Waals surface area contributed by atoms with E-state index in [1.54, 1.807) is 4.90 Å². The Balaban J connectivity index is 1.59. The minimum Gasteiger partial charge on any atom is -0.347 e. The van der Waals surface area contributed by atoms with Gasteiger partial charge in [-0.15, -0.1) is 0 Å². The summed E-state index contributed by atoms with van der Waals surface area (Å²) in [5, 5.41) is 7.81. The number of fused-ring (bicyclic) bond motifs is 1. The van der Waals surface area contributed by atoms with E-state index in [1.807, 2.05) is 27.1 Å². The van der Waals surface area contributed by atoms with Crippen LogP contribution in [-0.2, 0) is 17.8 Å². The SMILES string of the molecule is C[C@H](C(=O)N(C)C)N1CCc2[nH]nc(-c3ccc(-c4ccccc4)cc3)c2C1. The molecule has 2 heterocycles. The molecule has 0 bridgehead atoms. The van der Waals surface area contributed by atoms with Gasteiger partial charge >= 0.3 is 0 Å². The molecule has 0 aliphatic carbocycles. The van der Waals surface area contributed by atoms with E-state index in [9.17, 15) is 4.79 Å². The molecule has 0 saturated heterocycles. The van der Waals surface area contributed by atoms with Crippen molar-refractivity contribution in [1.82, 2.24) is 20.0 Å². The van der Waals surface area contributed by atoms with Gasteiger partial charge < -0.3 is 4.90 Å². The second-order valence-electron chi connectivity index (χ2n) is 7.60. The van der Waals surface area contributed by atoms with Crippen molar-refractivity contribution in [3.05, 3.63) is 65.9 Å². The van der Waals surface area contributed by atoms with Gasteiger partial charge in [-0.05, 0) is 18.1 Å². The maximum absolute atomic E-state index is 12.4. The molecule has 1 aromatic heterocycles. The summed E-state index contributed by atoms with van der Waals surface area (Å²) in [5.74, 6) is 0.140. The Hall–Kier alpha value is -2.92. The highest BCUT2D eigenvalue weighted by Gasteiger charge is 2.29. The minimum atomic E-state index is -0.133. The summed E-state index contributed by atoms with van der Waals surface area (Å²) in [4.78, 5) is 16.3. The van der Waals surface area contributed by atoms with Gasteiger partial charge in [0.05, 0.1) is 11.7 Å². The molecule has 1 amide bonds. The van der Waals surface area contributed by atoms with Crippen LogP contribution in [-0.4, -0.2) is 52.6 Å². The van der Waals surface area contributed by atoms with Crippen LogP contribution >= 0.6 is 0 Å². The van der Waals surface area contributed by atoms with Crippen molar-refractivity contribution in [3.63, 3.8) is 0 Å². The zero-order chi connectivity index (χ0) is 19.7. The fourth-order valence-corrected chi connectivity index (χ4v) is 3.87. The number of amides is 1. The van der Waals surface area contributed by atoms with Gasteiger partial charge in [-0.25, -0.2) is 0 Å². The van der Waals surface area contributed by atoms with Crippen LogP contribution in [0.1, 0.15) is 18.2 Å². The summed E-state index contributed by atoms with van der Waals surface area (Å²) in [6.07, 6.45) is 0.884. The van der Waals surface area contributed by atoms with Crippen molar-refractivity contribution in [2.75, 3.05) is 20.6 Å². The molecule has 1 aliphatic rings. The fourth-order valence-electron chi connectivity index (χ4n) is 3.87. The quantitative estimate of drug-likeness (QED) is 0.759. The maximum atomic E-state index is 12.4. The number of nitrogens with one attached hydrogen (secondary N) is 1. The molecule has 28 heavy (non-hydrogen) atoms. The summed E-state index contributed by atoms with van der Waals surface area (Å²) >= 11 is 0. The van der Waals surface area contributed by atoms with Gasteiger partial charge in [0.15, 0.2) is 0 Å². The lowest BCUT2D eigenvalue weighted by Crippen LogP contribution is -2.46. The summed E-state index contributed by atoms with van der Waals surface area (Å²) in [6.45, 7) is 3.59. The fraction of sp³-hybridized carbons (Fsp3) is 0.304. The number of aromatic amines is 1. The van der Waals surface area contributed by atoms with E-state index in [4.69, 9.17) is 0 Å². The molecule has 4 rings (SSSR count). The number of carbonyl (C=O) groups is 1. The van der Waals surface area contributed by atoms with Crippen LogP contribution in [0.2, 0.25) is 0 Å². The highest BCUT2D eigenvalue weighted by molar-refractivity contribution is 5.81. The topological polar surface area (TPSA) is 52.2 Å². The lowest BCUT2D eigenvalue weighted by Gasteiger charge is -2.33. The number of aromatic nitrogens is 2. The van der Waals surface area contributed by atoms with Crippen LogP contribution in [0.4, 0.5) is 0 Å². The third kappa shape index (κ3) is 3.45. The second-order valence-corrected chi connectivity index (χ2v) is 7.60. The first kappa shape index (κ1) is 18.4. The molecule has 0 radical (unpaired) electrons. The molecule has 0 saturated carbocycles. The van der Waals surface area contributed by atoms with E-state index in [0.29, 0.717) is 0 Å². The van der Waals surface area contributed by atoms with E-state index in [-0.39, 0.29) is 11.9 Å². The zero-order valence-electron chi connectivity index (χ0n) is 16.6. The van der Waals surface area contributed by atoms with Gasteiger partial charge in [0.1, 0.15) is 0 Å². The van der Waals surface area contributed by atoms with Crippen molar-refractivity contribution in [1.29, 1.82) is 0 Å². The number of H-pyrrole nitrogens is 1. The third-order valence-corrected chi connectivity index (χ3v) is 5.57. The zero-order valence-corrected chi connectivity index (χ0v) is 16.6. The van der Waals surface area contributed by atoms with E-state index in [2.05, 4.69) is 63.6 Å². The average molecular weight is 374 g/mol. The van der Waals surface area contributed by atoms with Gasteiger partial charge in [-0.2, -0.15) is 5.10 Å². The van der Waals surface area contributed by atoms with Crippen LogP contribution < -0.4 is 0 Å². The normalized spacial score (nSPS) is 15.1. The monoisotopic (exact) mass is 374 g/mol. The molecule has 0 spiro atoms. The van der Waals surface area contributed by atoms with Crippen molar-refractivity contribution < 1.29 is 4.79 Å². The Morgan fingerprint density at radius 3 is 2.36 bits per heavy atom. The van der Waals surface area contributed by atoms with Crippen LogP contribution in [0.3, 0.4) is 0 Å². The number of hydrogen-bond acceptors (Lipinski definition) is 3. The highest BCUT2D eigenvalue weighted by atomic mass is 16.2. The van der Waals surface area contributed by atoms with Gasteiger partial charge in [0.25, 0.3) is 0 Å². The molecule has 144 valence electrons. The van der Waals surface area contributed by atoms with E-state index < -0.39 is 0 Å². The standard InChI is InChI=1S/C23H26N4O/c1-16(23(28)26(2)3)27-14-13-21-20(15-27)22(25-24-21)19-11-9-18(10-12-19)17-7-5-4-6-8-17/h4-12,16H,13-15H2,1-3H3,(H,24,25)/t16-/m1/s1. The molecule has 1 N–H and O–H groups in total. The summed E-state index contributed by atoms with van der Waals surface area (Å²) in [5.41, 5.74) is 6.88. The molecule has 1 atom stereocenters. The molecule has 0 unspecified atom stereocenters. The van der Waals surface area contributed by atoms with Crippen molar-refractivity contribution in [3.8, 4) is 22.4 Å². The average Bonchev–Trinajstić information content (AvgIpc) is 3.16. The van der Waals surface area contributed by atoms with Crippen molar-refractivity contribution >= 4 is 5.91 Å². The Kier molecular flexibility index (Phi) is 5.01. The summed E-state index contributed by atoms with van der Waals surface area (Å²) < 4.78 is 0. The predicted molar refractivity (Wildman–Crippen MR) is 112 cm³/mol. The maximum Gasteiger partial charge on any atom is 0.239 e. The molecular weight excluding hydrogens is 348 g/mol. The van der Waals surface area contributed by atoms with E-state index in [1.165, 1.54) is 22.4 Å². The lowest BCUT2D eigenvalue weighted by molar-refractivity contribution is -0.134. The van der Waals surface area contributed by atoms with E-state index in [0.717, 1.165) is 30.8 Å². The Bertz CT molecular complexity index is 960. The first-order chi connectivity index (χ1) is 13.5. The summed E-state index contributed by atoms with van der Waals surface area (Å²) in [6, 6.07) is 18.8.